The van der Waals surface area contributed by atoms with Gasteiger partial charge in [-0.05, 0) is 36.8 Å². The molecule has 3 N–H and O–H groups in total. The summed E-state index contributed by atoms with van der Waals surface area (Å²) in [5, 5.41) is 8.19. The Bertz CT molecular complexity index is 1200. The van der Waals surface area contributed by atoms with E-state index < -0.39 is 21.7 Å². The number of hydrogen-bond donors (Lipinski definition) is 2. The molecule has 3 rings (SSSR count). The minimum atomic E-state index is -3.89. The molecule has 0 atom stereocenters. The summed E-state index contributed by atoms with van der Waals surface area (Å²) < 4.78 is 29.6. The second-order valence-corrected chi connectivity index (χ2v) is 7.92. The van der Waals surface area contributed by atoms with E-state index in [0.717, 1.165) is 0 Å². The van der Waals surface area contributed by atoms with E-state index in [4.69, 9.17) is 21.2 Å². The molecule has 8 nitrogen and oxygen atoms in total. The molecule has 2 aromatic carbocycles. The highest BCUT2D eigenvalue weighted by Gasteiger charge is 2.14. The fraction of sp³-hybridized carbons (Fsp3) is 0.176. The van der Waals surface area contributed by atoms with Crippen LogP contribution >= 0.6 is 11.6 Å². The standard InChI is InChI=1S/C17H16ClN3O5S/c1-10-2-4-12(9-15(10)27(19,24)25)20-16(22)6-7-21-13-5-3-11(18)8-14(13)26-17(21)23/h2-5,8-9H,6-7H2,1H3,(H,20,22)(H2,19,24,25). The van der Waals surface area contributed by atoms with Gasteiger partial charge in [-0.25, -0.2) is 18.4 Å². The number of carbonyl (C=O) groups is 1. The number of carbonyl (C=O) groups excluding carboxylic acids is 1. The van der Waals surface area contributed by atoms with Gasteiger partial charge in [0.15, 0.2) is 5.58 Å². The summed E-state index contributed by atoms with van der Waals surface area (Å²) >= 11 is 5.87. The summed E-state index contributed by atoms with van der Waals surface area (Å²) in [4.78, 5) is 24.1. The number of aromatic nitrogens is 1. The lowest BCUT2D eigenvalue weighted by Gasteiger charge is -2.09. The molecule has 1 heterocycles. The zero-order valence-corrected chi connectivity index (χ0v) is 15.8. The molecule has 1 aromatic heterocycles. The third kappa shape index (κ3) is 4.21. The van der Waals surface area contributed by atoms with Crippen LogP contribution in [0.4, 0.5) is 5.69 Å². The molecule has 142 valence electrons. The summed E-state index contributed by atoms with van der Waals surface area (Å²) in [6.45, 7) is 1.70. The number of nitrogens with one attached hydrogen (secondary N) is 1. The van der Waals surface area contributed by atoms with Gasteiger partial charge in [0, 0.05) is 29.7 Å². The van der Waals surface area contributed by atoms with Gasteiger partial charge in [0.1, 0.15) is 0 Å². The Hall–Kier alpha value is -2.62. The first-order valence-corrected chi connectivity index (χ1v) is 9.80. The third-order valence-corrected chi connectivity index (χ3v) is 5.26. The molecular weight excluding hydrogens is 394 g/mol. The SMILES string of the molecule is Cc1ccc(NC(=O)CCn2c(=O)oc3cc(Cl)ccc32)cc1S(N)(=O)=O. The van der Waals surface area contributed by atoms with Gasteiger partial charge >= 0.3 is 5.76 Å². The number of halogens is 1. The first kappa shape index (κ1) is 19.2. The van der Waals surface area contributed by atoms with Crippen LogP contribution < -0.4 is 16.2 Å². The Morgan fingerprint density at radius 2 is 2.00 bits per heavy atom. The number of hydrogen-bond acceptors (Lipinski definition) is 5. The normalized spacial score (nSPS) is 11.7. The predicted octanol–water partition coefficient (Wildman–Crippen LogP) is 2.23. The summed E-state index contributed by atoms with van der Waals surface area (Å²) in [6, 6.07) is 9.20. The number of anilines is 1. The van der Waals surface area contributed by atoms with Crippen molar-refractivity contribution in [3.05, 3.63) is 57.5 Å². The highest BCUT2D eigenvalue weighted by molar-refractivity contribution is 7.89. The number of benzene rings is 2. The number of sulfonamides is 1. The van der Waals surface area contributed by atoms with Crippen LogP contribution in [-0.4, -0.2) is 18.9 Å². The minimum Gasteiger partial charge on any atom is -0.408 e. The van der Waals surface area contributed by atoms with Crippen LogP contribution in [-0.2, 0) is 21.4 Å². The molecule has 0 spiro atoms. The molecule has 0 aliphatic rings. The van der Waals surface area contributed by atoms with Crippen molar-refractivity contribution in [2.45, 2.75) is 24.8 Å². The topological polar surface area (TPSA) is 124 Å². The Balaban J connectivity index is 1.74. The average Bonchev–Trinajstić information content (AvgIpc) is 2.88. The van der Waals surface area contributed by atoms with E-state index in [1.807, 2.05) is 0 Å². The zero-order chi connectivity index (χ0) is 19.8. The number of rotatable bonds is 5. The Morgan fingerprint density at radius 3 is 2.70 bits per heavy atom. The van der Waals surface area contributed by atoms with E-state index in [0.29, 0.717) is 27.4 Å². The average molecular weight is 410 g/mol. The molecule has 0 saturated carbocycles. The van der Waals surface area contributed by atoms with Crippen molar-refractivity contribution in [2.24, 2.45) is 5.14 Å². The molecule has 10 heteroatoms. The number of fused-ring (bicyclic) bond motifs is 1. The lowest BCUT2D eigenvalue weighted by atomic mass is 10.2. The predicted molar refractivity (Wildman–Crippen MR) is 101 cm³/mol. The number of amides is 1. The lowest BCUT2D eigenvalue weighted by Crippen LogP contribution is -2.20. The van der Waals surface area contributed by atoms with Crippen LogP contribution in [0.25, 0.3) is 11.1 Å². The molecular formula is C17H16ClN3O5S. The third-order valence-electron chi connectivity index (χ3n) is 3.97. The number of nitrogens with two attached hydrogens (primary N) is 1. The van der Waals surface area contributed by atoms with Gasteiger partial charge in [-0.2, -0.15) is 0 Å². The summed E-state index contributed by atoms with van der Waals surface area (Å²) in [7, 11) is -3.89. The molecule has 0 saturated heterocycles. The van der Waals surface area contributed by atoms with Crippen LogP contribution in [0.2, 0.25) is 5.02 Å². The van der Waals surface area contributed by atoms with Crippen molar-refractivity contribution in [1.29, 1.82) is 0 Å². The molecule has 0 unspecified atom stereocenters. The fourth-order valence-electron chi connectivity index (χ4n) is 2.67. The van der Waals surface area contributed by atoms with E-state index in [-0.39, 0.29) is 17.9 Å². The van der Waals surface area contributed by atoms with Crippen molar-refractivity contribution >= 4 is 44.3 Å². The van der Waals surface area contributed by atoms with Gasteiger partial charge in [-0.3, -0.25) is 9.36 Å². The number of oxazole rings is 1. The summed E-state index contributed by atoms with van der Waals surface area (Å²) in [5.74, 6) is -0.985. The molecule has 0 aliphatic heterocycles. The zero-order valence-electron chi connectivity index (χ0n) is 14.2. The molecule has 1 amide bonds. The second kappa shape index (κ2) is 7.18. The van der Waals surface area contributed by atoms with Crippen LogP contribution in [0.1, 0.15) is 12.0 Å². The van der Waals surface area contributed by atoms with Crippen molar-refractivity contribution in [3.8, 4) is 0 Å². The Morgan fingerprint density at radius 1 is 1.26 bits per heavy atom. The summed E-state index contributed by atoms with van der Waals surface area (Å²) in [6.07, 6.45) is -0.0181. The van der Waals surface area contributed by atoms with Gasteiger partial charge in [-0.1, -0.05) is 17.7 Å². The van der Waals surface area contributed by atoms with Crippen LogP contribution in [0.15, 0.2) is 50.5 Å². The molecule has 0 aliphatic carbocycles. The van der Waals surface area contributed by atoms with Crippen molar-refractivity contribution < 1.29 is 17.6 Å². The monoisotopic (exact) mass is 409 g/mol. The number of nitrogens with zero attached hydrogens (tertiary/aromatic N) is 1. The molecule has 27 heavy (non-hydrogen) atoms. The van der Waals surface area contributed by atoms with Crippen molar-refractivity contribution in [2.75, 3.05) is 5.32 Å². The number of aryl methyl sites for hydroxylation is 2. The van der Waals surface area contributed by atoms with Crippen molar-refractivity contribution in [3.63, 3.8) is 0 Å². The maximum atomic E-state index is 12.2. The van der Waals surface area contributed by atoms with Gasteiger partial charge in [-0.15, -0.1) is 0 Å². The van der Waals surface area contributed by atoms with E-state index in [9.17, 15) is 18.0 Å². The Kier molecular flexibility index (Phi) is 5.09. The minimum absolute atomic E-state index is 0.0181. The van der Waals surface area contributed by atoms with E-state index in [1.54, 1.807) is 31.2 Å². The van der Waals surface area contributed by atoms with Gasteiger partial charge < -0.3 is 9.73 Å². The number of primary sulfonamides is 1. The first-order valence-electron chi connectivity index (χ1n) is 7.87. The largest absolute Gasteiger partial charge is 0.419 e. The maximum absolute atomic E-state index is 12.2. The molecule has 0 bridgehead atoms. The van der Waals surface area contributed by atoms with Gasteiger partial charge in [0.2, 0.25) is 15.9 Å². The highest BCUT2D eigenvalue weighted by Crippen LogP contribution is 2.20. The summed E-state index contributed by atoms with van der Waals surface area (Å²) in [5.41, 5.74) is 1.64. The smallest absolute Gasteiger partial charge is 0.408 e. The Labute approximate surface area is 159 Å². The van der Waals surface area contributed by atoms with E-state index in [1.165, 1.54) is 16.7 Å². The molecule has 3 aromatic rings. The lowest BCUT2D eigenvalue weighted by molar-refractivity contribution is -0.116. The van der Waals surface area contributed by atoms with E-state index in [2.05, 4.69) is 5.32 Å². The van der Waals surface area contributed by atoms with Crippen molar-refractivity contribution in [1.82, 2.24) is 4.57 Å². The fourth-order valence-corrected chi connectivity index (χ4v) is 3.64. The molecule has 0 fully saturated rings. The van der Waals surface area contributed by atoms with Gasteiger partial charge in [0.05, 0.1) is 10.4 Å². The second-order valence-electron chi connectivity index (χ2n) is 5.96. The van der Waals surface area contributed by atoms with Gasteiger partial charge in [0.25, 0.3) is 0 Å². The maximum Gasteiger partial charge on any atom is 0.419 e. The van der Waals surface area contributed by atoms with Crippen LogP contribution in [0.5, 0.6) is 0 Å². The van der Waals surface area contributed by atoms with E-state index >= 15 is 0 Å². The van der Waals surface area contributed by atoms with Crippen LogP contribution in [0, 0.1) is 6.92 Å². The first-order chi connectivity index (χ1) is 12.6. The van der Waals surface area contributed by atoms with Crippen LogP contribution in [0.3, 0.4) is 0 Å². The quantitative estimate of drug-likeness (QED) is 0.668. The highest BCUT2D eigenvalue weighted by atomic mass is 35.5. The molecule has 0 radical (unpaired) electrons.